The number of nitrogens with zero attached hydrogens (tertiary/aromatic N) is 2. The molecule has 0 bridgehead atoms. The summed E-state index contributed by atoms with van der Waals surface area (Å²) in [6, 6.07) is 0. The van der Waals surface area contributed by atoms with Gasteiger partial charge in [0.2, 0.25) is 0 Å². The van der Waals surface area contributed by atoms with Crippen molar-refractivity contribution >= 4 is 0 Å². The summed E-state index contributed by atoms with van der Waals surface area (Å²) >= 11 is 0. The van der Waals surface area contributed by atoms with Gasteiger partial charge in [-0.3, -0.25) is 9.97 Å². The van der Waals surface area contributed by atoms with Crippen molar-refractivity contribution < 1.29 is 0 Å². The van der Waals surface area contributed by atoms with Gasteiger partial charge in [0.1, 0.15) is 0 Å². The van der Waals surface area contributed by atoms with E-state index in [0.29, 0.717) is 5.41 Å². The van der Waals surface area contributed by atoms with Crippen LogP contribution in [0.5, 0.6) is 0 Å². The molecular weight excluding hydrogens is 220 g/mol. The molecule has 1 saturated carbocycles. The first-order chi connectivity index (χ1) is 8.53. The Kier molecular flexibility index (Phi) is 4.36. The van der Waals surface area contributed by atoms with Crippen molar-refractivity contribution in [3.8, 4) is 0 Å². The van der Waals surface area contributed by atoms with Gasteiger partial charge < -0.3 is 0 Å². The van der Waals surface area contributed by atoms with Crippen molar-refractivity contribution in [2.24, 2.45) is 17.3 Å². The third kappa shape index (κ3) is 4.40. The fourth-order valence-corrected chi connectivity index (χ4v) is 3.24. The topological polar surface area (TPSA) is 25.8 Å². The van der Waals surface area contributed by atoms with E-state index in [1.165, 1.54) is 32.1 Å². The quantitative estimate of drug-likeness (QED) is 0.796. The maximum absolute atomic E-state index is 4.39. The maximum atomic E-state index is 4.39. The van der Waals surface area contributed by atoms with Crippen LogP contribution >= 0.6 is 0 Å². The maximum Gasteiger partial charge on any atom is 0.0589 e. The van der Waals surface area contributed by atoms with E-state index in [1.54, 1.807) is 12.4 Å². The first-order valence-corrected chi connectivity index (χ1v) is 7.28. The lowest BCUT2D eigenvalue weighted by molar-refractivity contribution is 0.204. The van der Waals surface area contributed by atoms with E-state index < -0.39 is 0 Å². The van der Waals surface area contributed by atoms with Crippen LogP contribution in [0.4, 0.5) is 0 Å². The summed E-state index contributed by atoms with van der Waals surface area (Å²) in [5.41, 5.74) is 1.65. The fraction of sp³-hybridized carbons (Fsp3) is 0.750. The Morgan fingerprint density at radius 2 is 1.72 bits per heavy atom. The van der Waals surface area contributed by atoms with E-state index in [9.17, 15) is 0 Å². The molecule has 0 saturated heterocycles. The van der Waals surface area contributed by atoms with E-state index >= 15 is 0 Å². The van der Waals surface area contributed by atoms with Gasteiger partial charge in [0, 0.05) is 18.6 Å². The van der Waals surface area contributed by atoms with Gasteiger partial charge in [0.25, 0.3) is 0 Å². The van der Waals surface area contributed by atoms with Crippen molar-refractivity contribution in [2.75, 3.05) is 0 Å². The average molecular weight is 246 g/mol. The van der Waals surface area contributed by atoms with E-state index in [0.717, 1.165) is 24.0 Å². The molecule has 0 unspecified atom stereocenters. The second-order valence-electron chi connectivity index (χ2n) is 7.05. The molecule has 1 aromatic heterocycles. The summed E-state index contributed by atoms with van der Waals surface area (Å²) in [5, 5.41) is 0. The van der Waals surface area contributed by atoms with Crippen LogP contribution in [-0.4, -0.2) is 9.97 Å². The molecule has 0 aromatic carbocycles. The van der Waals surface area contributed by atoms with Gasteiger partial charge in [0.05, 0.1) is 5.69 Å². The molecule has 0 radical (unpaired) electrons. The molecule has 100 valence electrons. The molecule has 0 amide bonds. The van der Waals surface area contributed by atoms with E-state index in [-0.39, 0.29) is 0 Å². The summed E-state index contributed by atoms with van der Waals surface area (Å²) < 4.78 is 0. The Morgan fingerprint density at radius 3 is 2.28 bits per heavy atom. The second-order valence-corrected chi connectivity index (χ2v) is 7.05. The Hall–Kier alpha value is -0.920. The first-order valence-electron chi connectivity index (χ1n) is 7.28. The zero-order valence-corrected chi connectivity index (χ0v) is 12.0. The molecule has 1 aliphatic rings. The van der Waals surface area contributed by atoms with Crippen molar-refractivity contribution in [1.82, 2.24) is 9.97 Å². The first kappa shape index (κ1) is 13.5. The molecule has 0 aliphatic heterocycles. The smallest absolute Gasteiger partial charge is 0.0589 e. The Bertz CT molecular complexity index is 345. The third-order valence-corrected chi connectivity index (χ3v) is 3.98. The predicted molar refractivity (Wildman–Crippen MR) is 75.3 cm³/mol. The van der Waals surface area contributed by atoms with Gasteiger partial charge in [-0.1, -0.05) is 33.6 Å². The highest BCUT2D eigenvalue weighted by atomic mass is 14.8. The lowest BCUT2D eigenvalue weighted by Crippen LogP contribution is -2.21. The van der Waals surface area contributed by atoms with Gasteiger partial charge in [-0.15, -0.1) is 0 Å². The van der Waals surface area contributed by atoms with Gasteiger partial charge in [-0.05, 0) is 42.9 Å². The van der Waals surface area contributed by atoms with Gasteiger partial charge in [-0.2, -0.15) is 0 Å². The molecule has 1 fully saturated rings. The minimum Gasteiger partial charge on any atom is -0.261 e. The van der Waals surface area contributed by atoms with Crippen LogP contribution in [0.3, 0.4) is 0 Å². The van der Waals surface area contributed by atoms with E-state index in [2.05, 4.69) is 30.7 Å². The van der Waals surface area contributed by atoms with Crippen LogP contribution in [0.1, 0.15) is 58.6 Å². The van der Waals surface area contributed by atoms with Crippen LogP contribution in [-0.2, 0) is 6.42 Å². The van der Waals surface area contributed by atoms with Crippen molar-refractivity contribution in [3.63, 3.8) is 0 Å². The Balaban J connectivity index is 1.77. The Labute approximate surface area is 111 Å². The summed E-state index contributed by atoms with van der Waals surface area (Å²) in [7, 11) is 0. The van der Waals surface area contributed by atoms with Crippen LogP contribution < -0.4 is 0 Å². The molecule has 2 rings (SSSR count). The number of hydrogen-bond donors (Lipinski definition) is 0. The number of aromatic nitrogens is 2. The lowest BCUT2D eigenvalue weighted by atomic mass is 9.74. The molecule has 0 atom stereocenters. The van der Waals surface area contributed by atoms with E-state index in [4.69, 9.17) is 0 Å². The van der Waals surface area contributed by atoms with Crippen LogP contribution in [0.2, 0.25) is 0 Å². The summed E-state index contributed by atoms with van der Waals surface area (Å²) in [4.78, 5) is 8.54. The molecule has 0 N–H and O–H groups in total. The molecule has 1 heterocycles. The standard InChI is InChI=1S/C16H26N2/c1-16(2,3)11-14-6-4-13(5-7-14)10-15-12-17-8-9-18-15/h8-9,12-14H,4-7,10-11H2,1-3H3. The van der Waals surface area contributed by atoms with Crippen molar-refractivity contribution in [2.45, 2.75) is 59.3 Å². The average Bonchev–Trinajstić information content (AvgIpc) is 2.31. The second kappa shape index (κ2) is 5.81. The summed E-state index contributed by atoms with van der Waals surface area (Å²) in [5.74, 6) is 1.78. The molecule has 2 nitrogen and oxygen atoms in total. The molecule has 18 heavy (non-hydrogen) atoms. The molecule has 1 aromatic rings. The molecular formula is C16H26N2. The van der Waals surface area contributed by atoms with Crippen molar-refractivity contribution in [3.05, 3.63) is 24.3 Å². The van der Waals surface area contributed by atoms with Crippen molar-refractivity contribution in [1.29, 1.82) is 0 Å². The lowest BCUT2D eigenvalue weighted by Gasteiger charge is -2.32. The van der Waals surface area contributed by atoms with Gasteiger partial charge in [0.15, 0.2) is 0 Å². The van der Waals surface area contributed by atoms with Crippen LogP contribution in [0.25, 0.3) is 0 Å². The van der Waals surface area contributed by atoms with Crippen LogP contribution in [0, 0.1) is 17.3 Å². The largest absolute Gasteiger partial charge is 0.261 e. The zero-order valence-electron chi connectivity index (χ0n) is 12.0. The summed E-state index contributed by atoms with van der Waals surface area (Å²) in [6.45, 7) is 7.08. The fourth-order valence-electron chi connectivity index (χ4n) is 3.24. The normalized spacial score (nSPS) is 25.1. The number of hydrogen-bond acceptors (Lipinski definition) is 2. The minimum atomic E-state index is 0.489. The SMILES string of the molecule is CC(C)(C)CC1CCC(Cc2cnccn2)CC1. The molecule has 2 heteroatoms. The number of rotatable bonds is 3. The highest BCUT2D eigenvalue weighted by molar-refractivity contribution is 4.96. The molecule has 0 spiro atoms. The zero-order chi connectivity index (χ0) is 13.0. The monoisotopic (exact) mass is 246 g/mol. The minimum absolute atomic E-state index is 0.489. The van der Waals surface area contributed by atoms with E-state index in [1.807, 2.05) is 6.20 Å². The Morgan fingerprint density at radius 1 is 1.06 bits per heavy atom. The molecule has 1 aliphatic carbocycles. The predicted octanol–water partition coefficient (Wildman–Crippen LogP) is 4.26. The highest BCUT2D eigenvalue weighted by Crippen LogP contribution is 2.37. The summed E-state index contributed by atoms with van der Waals surface area (Å²) in [6.07, 6.45) is 13.5. The van der Waals surface area contributed by atoms with Gasteiger partial charge in [-0.25, -0.2) is 0 Å². The van der Waals surface area contributed by atoms with Gasteiger partial charge >= 0.3 is 0 Å². The highest BCUT2D eigenvalue weighted by Gasteiger charge is 2.25. The van der Waals surface area contributed by atoms with Crippen LogP contribution in [0.15, 0.2) is 18.6 Å². The third-order valence-electron chi connectivity index (χ3n) is 3.98.